The van der Waals surface area contributed by atoms with Gasteiger partial charge in [0, 0.05) is 18.3 Å². The van der Waals surface area contributed by atoms with Crippen molar-refractivity contribution in [1.82, 2.24) is 9.78 Å². The Kier molecular flexibility index (Phi) is 2.58. The summed E-state index contributed by atoms with van der Waals surface area (Å²) in [6.45, 7) is 8.52. The van der Waals surface area contributed by atoms with Crippen molar-refractivity contribution < 1.29 is 0 Å². The van der Waals surface area contributed by atoms with E-state index in [4.69, 9.17) is 0 Å². The molecule has 0 atom stereocenters. The second-order valence-electron chi connectivity index (χ2n) is 4.55. The standard InChI is InChI=1S/C14H18N2/c1-9-6-11(3)13(7-10(9)2)14-8-12(4)16(5)15-14/h6-8H,1-5H3. The molecule has 0 bridgehead atoms. The van der Waals surface area contributed by atoms with Crippen LogP contribution in [0.3, 0.4) is 0 Å². The maximum absolute atomic E-state index is 4.53. The van der Waals surface area contributed by atoms with Gasteiger partial charge in [-0.1, -0.05) is 6.07 Å². The SMILES string of the molecule is Cc1cc(C)c(-c2cc(C)n(C)n2)cc1C. The van der Waals surface area contributed by atoms with Crippen molar-refractivity contribution >= 4 is 0 Å². The van der Waals surface area contributed by atoms with Gasteiger partial charge in [-0.15, -0.1) is 0 Å². The number of rotatable bonds is 1. The van der Waals surface area contributed by atoms with E-state index < -0.39 is 0 Å². The zero-order valence-corrected chi connectivity index (χ0v) is 10.6. The van der Waals surface area contributed by atoms with Crippen LogP contribution >= 0.6 is 0 Å². The molecule has 2 nitrogen and oxygen atoms in total. The Balaban J connectivity index is 2.60. The van der Waals surface area contributed by atoms with Crippen LogP contribution in [0.25, 0.3) is 11.3 Å². The fourth-order valence-electron chi connectivity index (χ4n) is 1.93. The number of hydrogen-bond acceptors (Lipinski definition) is 1. The van der Waals surface area contributed by atoms with Crippen LogP contribution in [0.4, 0.5) is 0 Å². The molecule has 0 N–H and O–H groups in total. The van der Waals surface area contributed by atoms with Crippen LogP contribution < -0.4 is 0 Å². The van der Waals surface area contributed by atoms with Gasteiger partial charge in [-0.25, -0.2) is 0 Å². The second kappa shape index (κ2) is 3.78. The van der Waals surface area contributed by atoms with E-state index in [9.17, 15) is 0 Å². The molecule has 0 aliphatic rings. The van der Waals surface area contributed by atoms with Crippen molar-refractivity contribution in [2.45, 2.75) is 27.7 Å². The predicted molar refractivity (Wildman–Crippen MR) is 67.6 cm³/mol. The summed E-state index contributed by atoms with van der Waals surface area (Å²) in [5.74, 6) is 0. The summed E-state index contributed by atoms with van der Waals surface area (Å²) < 4.78 is 1.92. The molecule has 2 rings (SSSR count). The monoisotopic (exact) mass is 214 g/mol. The Labute approximate surface area is 96.9 Å². The first kappa shape index (κ1) is 10.9. The van der Waals surface area contributed by atoms with E-state index in [-0.39, 0.29) is 0 Å². The minimum atomic E-state index is 1.07. The fourth-order valence-corrected chi connectivity index (χ4v) is 1.93. The third-order valence-corrected chi connectivity index (χ3v) is 3.23. The molecule has 2 heteroatoms. The first-order valence-corrected chi connectivity index (χ1v) is 5.58. The molecule has 0 aliphatic heterocycles. The first-order valence-electron chi connectivity index (χ1n) is 5.58. The summed E-state index contributed by atoms with van der Waals surface area (Å²) in [6, 6.07) is 6.60. The maximum Gasteiger partial charge on any atom is 0.0928 e. The molecule has 0 spiro atoms. The smallest absolute Gasteiger partial charge is 0.0928 e. The van der Waals surface area contributed by atoms with Gasteiger partial charge in [0.05, 0.1) is 5.69 Å². The molecule has 0 amide bonds. The van der Waals surface area contributed by atoms with E-state index in [0.29, 0.717) is 0 Å². The Morgan fingerprint density at radius 2 is 1.50 bits per heavy atom. The third-order valence-electron chi connectivity index (χ3n) is 3.23. The number of benzene rings is 1. The van der Waals surface area contributed by atoms with Crippen molar-refractivity contribution in [3.63, 3.8) is 0 Å². The summed E-state index contributed by atoms with van der Waals surface area (Å²) in [6.07, 6.45) is 0. The highest BCUT2D eigenvalue weighted by molar-refractivity contribution is 5.65. The molecule has 1 heterocycles. The molecule has 0 fully saturated rings. The largest absolute Gasteiger partial charge is 0.272 e. The molecule has 0 radical (unpaired) electrons. The van der Waals surface area contributed by atoms with Crippen molar-refractivity contribution in [1.29, 1.82) is 0 Å². The Hall–Kier alpha value is -1.57. The van der Waals surface area contributed by atoms with Crippen LogP contribution in [0.15, 0.2) is 18.2 Å². The molecule has 1 aromatic carbocycles. The van der Waals surface area contributed by atoms with Crippen LogP contribution in [-0.4, -0.2) is 9.78 Å². The number of aromatic nitrogens is 2. The van der Waals surface area contributed by atoms with Crippen LogP contribution in [0.1, 0.15) is 22.4 Å². The van der Waals surface area contributed by atoms with E-state index in [1.807, 2.05) is 11.7 Å². The van der Waals surface area contributed by atoms with E-state index in [2.05, 4.69) is 51.0 Å². The molecular weight excluding hydrogens is 196 g/mol. The predicted octanol–water partition coefficient (Wildman–Crippen LogP) is 3.32. The molecule has 1 aromatic heterocycles. The molecule has 0 aliphatic carbocycles. The molecule has 0 saturated heterocycles. The van der Waals surface area contributed by atoms with Crippen molar-refractivity contribution in [2.24, 2.45) is 7.05 Å². The summed E-state index contributed by atoms with van der Waals surface area (Å²) >= 11 is 0. The Bertz CT molecular complexity index is 516. The zero-order valence-electron chi connectivity index (χ0n) is 10.6. The van der Waals surface area contributed by atoms with Crippen molar-refractivity contribution in [2.75, 3.05) is 0 Å². The van der Waals surface area contributed by atoms with E-state index >= 15 is 0 Å². The topological polar surface area (TPSA) is 17.8 Å². The average Bonchev–Trinajstić information content (AvgIpc) is 2.53. The molecule has 0 saturated carbocycles. The van der Waals surface area contributed by atoms with Gasteiger partial charge < -0.3 is 0 Å². The quantitative estimate of drug-likeness (QED) is 0.712. The molecule has 2 aromatic rings. The van der Waals surface area contributed by atoms with Gasteiger partial charge >= 0.3 is 0 Å². The van der Waals surface area contributed by atoms with Gasteiger partial charge in [0.25, 0.3) is 0 Å². The van der Waals surface area contributed by atoms with Crippen LogP contribution in [0.2, 0.25) is 0 Å². The van der Waals surface area contributed by atoms with Gasteiger partial charge in [-0.05, 0) is 56.5 Å². The summed E-state index contributed by atoms with van der Waals surface area (Å²) in [5.41, 5.74) is 7.46. The third kappa shape index (κ3) is 1.75. The minimum absolute atomic E-state index is 1.07. The highest BCUT2D eigenvalue weighted by atomic mass is 15.3. The first-order chi connectivity index (χ1) is 7.49. The normalized spacial score (nSPS) is 10.8. The fraction of sp³-hybridized carbons (Fsp3) is 0.357. The van der Waals surface area contributed by atoms with E-state index in [1.54, 1.807) is 0 Å². The Morgan fingerprint density at radius 1 is 0.875 bits per heavy atom. The second-order valence-corrected chi connectivity index (χ2v) is 4.55. The summed E-state index contributed by atoms with van der Waals surface area (Å²) in [4.78, 5) is 0. The summed E-state index contributed by atoms with van der Waals surface area (Å²) in [7, 11) is 1.98. The summed E-state index contributed by atoms with van der Waals surface area (Å²) in [5, 5.41) is 4.53. The lowest BCUT2D eigenvalue weighted by Crippen LogP contribution is -1.93. The van der Waals surface area contributed by atoms with Crippen LogP contribution in [0, 0.1) is 27.7 Å². The lowest BCUT2D eigenvalue weighted by atomic mass is 9.99. The molecule has 84 valence electrons. The zero-order chi connectivity index (χ0) is 11.9. The number of aryl methyl sites for hydroxylation is 5. The van der Waals surface area contributed by atoms with Crippen LogP contribution in [0.5, 0.6) is 0 Å². The minimum Gasteiger partial charge on any atom is -0.272 e. The molecule has 16 heavy (non-hydrogen) atoms. The average molecular weight is 214 g/mol. The van der Waals surface area contributed by atoms with Gasteiger partial charge in [0.15, 0.2) is 0 Å². The van der Waals surface area contributed by atoms with E-state index in [0.717, 1.165) is 5.69 Å². The highest BCUT2D eigenvalue weighted by Gasteiger charge is 2.08. The molecular formula is C14H18N2. The lowest BCUT2D eigenvalue weighted by Gasteiger charge is -2.07. The van der Waals surface area contributed by atoms with Crippen LogP contribution in [-0.2, 0) is 7.05 Å². The Morgan fingerprint density at radius 3 is 2.06 bits per heavy atom. The van der Waals surface area contributed by atoms with Gasteiger partial charge in [-0.3, -0.25) is 4.68 Å². The maximum atomic E-state index is 4.53. The molecule has 0 unspecified atom stereocenters. The lowest BCUT2D eigenvalue weighted by molar-refractivity contribution is 0.742. The van der Waals surface area contributed by atoms with Gasteiger partial charge in [0.2, 0.25) is 0 Å². The van der Waals surface area contributed by atoms with E-state index in [1.165, 1.54) is 27.9 Å². The van der Waals surface area contributed by atoms with Crippen molar-refractivity contribution in [3.8, 4) is 11.3 Å². The van der Waals surface area contributed by atoms with Crippen molar-refractivity contribution in [3.05, 3.63) is 40.6 Å². The van der Waals surface area contributed by atoms with Gasteiger partial charge in [-0.2, -0.15) is 5.10 Å². The number of nitrogens with zero attached hydrogens (tertiary/aromatic N) is 2. The number of hydrogen-bond donors (Lipinski definition) is 0. The van der Waals surface area contributed by atoms with Gasteiger partial charge in [0.1, 0.15) is 0 Å². The highest BCUT2D eigenvalue weighted by Crippen LogP contribution is 2.25.